The van der Waals surface area contributed by atoms with Gasteiger partial charge in [0.05, 0.1) is 6.07 Å². The van der Waals surface area contributed by atoms with Crippen molar-refractivity contribution in [3.63, 3.8) is 0 Å². The first-order chi connectivity index (χ1) is 7.92. The lowest BCUT2D eigenvalue weighted by atomic mass is 9.88. The predicted molar refractivity (Wildman–Crippen MR) is 76.5 cm³/mol. The highest BCUT2D eigenvalue weighted by Crippen LogP contribution is 2.24. The van der Waals surface area contributed by atoms with Crippen molar-refractivity contribution in [2.24, 2.45) is 5.41 Å². The molecule has 0 aliphatic carbocycles. The lowest BCUT2D eigenvalue weighted by Gasteiger charge is -2.19. The Labute approximate surface area is 115 Å². The molecule has 0 radical (unpaired) electrons. The Kier molecular flexibility index (Phi) is 4.52. The van der Waals surface area contributed by atoms with Crippen molar-refractivity contribution >= 4 is 34.2 Å². The Hall–Kier alpha value is -1.09. The fourth-order valence-electron chi connectivity index (χ4n) is 1.28. The molecule has 0 bridgehead atoms. The smallest absolute Gasteiger partial charge is 0.244 e. The topological polar surface area (TPSA) is 52.9 Å². The predicted octanol–water partition coefficient (Wildman–Crippen LogP) is 3.48. The van der Waals surface area contributed by atoms with Crippen LogP contribution < -0.4 is 5.32 Å². The van der Waals surface area contributed by atoms with Crippen molar-refractivity contribution in [1.82, 2.24) is 0 Å². The Morgan fingerprint density at radius 2 is 2.24 bits per heavy atom. The Morgan fingerprint density at radius 1 is 1.59 bits per heavy atom. The molecular formula is C13H15IN2O. The Bertz CT molecular complexity index is 479. The molecule has 0 saturated carbocycles. The van der Waals surface area contributed by atoms with Gasteiger partial charge in [0.2, 0.25) is 5.91 Å². The number of rotatable bonds is 3. The van der Waals surface area contributed by atoms with Crippen LogP contribution in [0.3, 0.4) is 0 Å². The molecule has 0 fully saturated rings. The van der Waals surface area contributed by atoms with Gasteiger partial charge >= 0.3 is 0 Å². The van der Waals surface area contributed by atoms with Gasteiger partial charge in [-0.3, -0.25) is 4.79 Å². The van der Waals surface area contributed by atoms with Crippen molar-refractivity contribution in [2.75, 3.05) is 5.32 Å². The average Bonchev–Trinajstić information content (AvgIpc) is 2.32. The number of nitrogens with zero attached hydrogens (tertiary/aromatic N) is 1. The van der Waals surface area contributed by atoms with Gasteiger partial charge in [-0.25, -0.2) is 0 Å². The quantitative estimate of drug-likeness (QED) is 0.855. The van der Waals surface area contributed by atoms with E-state index >= 15 is 0 Å². The van der Waals surface area contributed by atoms with Gasteiger partial charge in [0, 0.05) is 9.26 Å². The summed E-state index contributed by atoms with van der Waals surface area (Å²) in [4.78, 5) is 12.0. The second-order valence-electron chi connectivity index (χ2n) is 4.21. The van der Waals surface area contributed by atoms with Gasteiger partial charge in [-0.05, 0) is 60.6 Å². The molecule has 4 heteroatoms. The number of nitriles is 1. The van der Waals surface area contributed by atoms with Crippen LogP contribution in [0.2, 0.25) is 0 Å². The first-order valence-corrected chi connectivity index (χ1v) is 6.49. The number of aryl methyl sites for hydroxylation is 1. The zero-order valence-corrected chi connectivity index (χ0v) is 12.3. The number of hydrogen-bond donors (Lipinski definition) is 1. The van der Waals surface area contributed by atoms with Gasteiger partial charge in [0.15, 0.2) is 0 Å². The zero-order chi connectivity index (χ0) is 13.1. The maximum absolute atomic E-state index is 12.0. The van der Waals surface area contributed by atoms with Gasteiger partial charge in [-0.1, -0.05) is 13.0 Å². The van der Waals surface area contributed by atoms with E-state index in [1.165, 1.54) is 0 Å². The highest BCUT2D eigenvalue weighted by Gasteiger charge is 2.31. The Balaban J connectivity index is 2.96. The number of hydrogen-bond acceptors (Lipinski definition) is 2. The number of halogens is 1. The summed E-state index contributed by atoms with van der Waals surface area (Å²) in [6.07, 6.45) is 0.498. The summed E-state index contributed by atoms with van der Waals surface area (Å²) in [7, 11) is 0. The third-order valence-electron chi connectivity index (χ3n) is 2.90. The number of benzene rings is 1. The fraction of sp³-hybridized carbons (Fsp3) is 0.385. The maximum atomic E-state index is 12.0. The van der Waals surface area contributed by atoms with Gasteiger partial charge in [-0.2, -0.15) is 5.26 Å². The summed E-state index contributed by atoms with van der Waals surface area (Å²) in [5, 5.41) is 11.9. The van der Waals surface area contributed by atoms with E-state index < -0.39 is 5.41 Å². The highest BCUT2D eigenvalue weighted by atomic mass is 127. The van der Waals surface area contributed by atoms with Crippen LogP contribution >= 0.6 is 22.6 Å². The van der Waals surface area contributed by atoms with Crippen molar-refractivity contribution in [1.29, 1.82) is 5.26 Å². The third kappa shape index (κ3) is 3.19. The third-order valence-corrected chi connectivity index (χ3v) is 3.57. The highest BCUT2D eigenvalue weighted by molar-refractivity contribution is 14.1. The van der Waals surface area contributed by atoms with Crippen LogP contribution in [0.5, 0.6) is 0 Å². The standard InChI is InChI=1S/C13H15IN2O/c1-4-13(3,8-15)12(17)16-11-7-10(14)6-5-9(11)2/h5-7H,4H2,1-3H3,(H,16,17). The summed E-state index contributed by atoms with van der Waals surface area (Å²) in [6, 6.07) is 7.90. The lowest BCUT2D eigenvalue weighted by molar-refractivity contribution is -0.122. The largest absolute Gasteiger partial charge is 0.324 e. The van der Waals surface area contributed by atoms with Crippen LogP contribution in [-0.4, -0.2) is 5.91 Å². The molecule has 1 aromatic rings. The minimum Gasteiger partial charge on any atom is -0.324 e. The monoisotopic (exact) mass is 342 g/mol. The molecule has 0 spiro atoms. The van der Waals surface area contributed by atoms with Gasteiger partial charge in [-0.15, -0.1) is 0 Å². The van der Waals surface area contributed by atoms with Gasteiger partial charge in [0.25, 0.3) is 0 Å². The van der Waals surface area contributed by atoms with E-state index in [1.807, 2.05) is 32.0 Å². The van der Waals surface area contributed by atoms with Crippen molar-refractivity contribution in [3.05, 3.63) is 27.3 Å². The maximum Gasteiger partial charge on any atom is 0.244 e. The van der Waals surface area contributed by atoms with Crippen molar-refractivity contribution in [2.45, 2.75) is 27.2 Å². The average molecular weight is 342 g/mol. The molecule has 0 aliphatic rings. The molecule has 0 aliphatic heterocycles. The van der Waals surface area contributed by atoms with Crippen LogP contribution in [0, 0.1) is 27.2 Å². The number of nitrogens with one attached hydrogen (secondary N) is 1. The van der Waals surface area contributed by atoms with Crippen LogP contribution in [0.25, 0.3) is 0 Å². The SMILES string of the molecule is CCC(C)(C#N)C(=O)Nc1cc(I)ccc1C. The lowest BCUT2D eigenvalue weighted by Crippen LogP contribution is -2.31. The summed E-state index contributed by atoms with van der Waals surface area (Å²) in [5.74, 6) is -0.243. The number of carbonyl (C=O) groups is 1. The van der Waals surface area contributed by atoms with E-state index in [2.05, 4.69) is 34.0 Å². The minimum absolute atomic E-state index is 0.243. The number of anilines is 1. The van der Waals surface area contributed by atoms with E-state index in [1.54, 1.807) is 6.92 Å². The minimum atomic E-state index is -0.965. The second-order valence-corrected chi connectivity index (χ2v) is 5.46. The van der Waals surface area contributed by atoms with Gasteiger partial charge < -0.3 is 5.32 Å². The van der Waals surface area contributed by atoms with Crippen molar-refractivity contribution < 1.29 is 4.79 Å². The molecule has 1 amide bonds. The molecule has 1 N–H and O–H groups in total. The molecular weight excluding hydrogens is 327 g/mol. The van der Waals surface area contributed by atoms with E-state index in [4.69, 9.17) is 5.26 Å². The van der Waals surface area contributed by atoms with Crippen LogP contribution in [0.15, 0.2) is 18.2 Å². The van der Waals surface area contributed by atoms with Crippen molar-refractivity contribution in [3.8, 4) is 6.07 Å². The molecule has 1 rings (SSSR count). The summed E-state index contributed by atoms with van der Waals surface area (Å²) >= 11 is 2.19. The normalized spacial score (nSPS) is 13.6. The van der Waals surface area contributed by atoms with E-state index in [9.17, 15) is 4.79 Å². The summed E-state index contributed by atoms with van der Waals surface area (Å²) < 4.78 is 1.05. The second kappa shape index (κ2) is 5.50. The molecule has 0 saturated heterocycles. The molecule has 1 aromatic carbocycles. The van der Waals surface area contributed by atoms with Crippen LogP contribution in [0.4, 0.5) is 5.69 Å². The van der Waals surface area contributed by atoms with E-state index in [0.717, 1.165) is 14.8 Å². The first kappa shape index (κ1) is 14.0. The first-order valence-electron chi connectivity index (χ1n) is 5.42. The number of amides is 1. The molecule has 0 aromatic heterocycles. The molecule has 1 atom stereocenters. The van der Waals surface area contributed by atoms with Crippen LogP contribution in [-0.2, 0) is 4.79 Å². The molecule has 1 unspecified atom stereocenters. The summed E-state index contributed by atoms with van der Waals surface area (Å²) in [6.45, 7) is 5.43. The molecule has 3 nitrogen and oxygen atoms in total. The molecule has 90 valence electrons. The van der Waals surface area contributed by atoms with E-state index in [-0.39, 0.29) is 5.91 Å². The fourth-order valence-corrected chi connectivity index (χ4v) is 1.77. The van der Waals surface area contributed by atoms with Gasteiger partial charge in [0.1, 0.15) is 5.41 Å². The number of carbonyl (C=O) groups excluding carboxylic acids is 1. The molecule has 0 heterocycles. The van der Waals surface area contributed by atoms with Crippen LogP contribution in [0.1, 0.15) is 25.8 Å². The Morgan fingerprint density at radius 3 is 2.76 bits per heavy atom. The molecule has 17 heavy (non-hydrogen) atoms. The zero-order valence-electron chi connectivity index (χ0n) is 10.2. The summed E-state index contributed by atoms with van der Waals surface area (Å²) in [5.41, 5.74) is 0.806. The van der Waals surface area contributed by atoms with E-state index in [0.29, 0.717) is 6.42 Å².